The molecule has 0 bridgehead atoms. The van der Waals surface area contributed by atoms with Gasteiger partial charge in [0.05, 0.1) is 11.0 Å². The van der Waals surface area contributed by atoms with Crippen molar-refractivity contribution in [3.63, 3.8) is 0 Å². The fourth-order valence-electron chi connectivity index (χ4n) is 3.05. The number of para-hydroxylation sites is 2. The maximum Gasteiger partial charge on any atom is 0.205 e. The van der Waals surface area contributed by atoms with Gasteiger partial charge >= 0.3 is 0 Å². The molecule has 4 atom stereocenters. The van der Waals surface area contributed by atoms with Gasteiger partial charge in [-0.15, -0.1) is 0 Å². The summed E-state index contributed by atoms with van der Waals surface area (Å²) in [7, 11) is 0. The van der Waals surface area contributed by atoms with E-state index in [4.69, 9.17) is 16.3 Å². The van der Waals surface area contributed by atoms with Crippen LogP contribution in [0.1, 0.15) is 12.6 Å². The lowest BCUT2D eigenvalue weighted by atomic mass is 9.93. The van der Waals surface area contributed by atoms with Crippen LogP contribution in [0, 0.1) is 0 Å². The van der Waals surface area contributed by atoms with Gasteiger partial charge in [0.2, 0.25) is 5.28 Å². The molecular weight excluding hydrogens is 280 g/mol. The van der Waals surface area contributed by atoms with Crippen molar-refractivity contribution in [2.24, 2.45) is 0 Å². The second kappa shape index (κ2) is 4.05. The lowest BCUT2D eigenvalue weighted by molar-refractivity contribution is -0.0602. The van der Waals surface area contributed by atoms with Gasteiger partial charge in [-0.1, -0.05) is 24.3 Å². The number of aromatic nitrogens is 2. The third-order valence-corrected chi connectivity index (χ3v) is 4.39. The van der Waals surface area contributed by atoms with E-state index in [0.29, 0.717) is 6.42 Å². The van der Waals surface area contributed by atoms with Crippen molar-refractivity contribution in [1.82, 2.24) is 9.55 Å². The van der Waals surface area contributed by atoms with E-state index in [1.165, 1.54) is 0 Å². The third-order valence-electron chi connectivity index (χ3n) is 4.12. The number of benzene rings is 1. The molecule has 0 spiro atoms. The summed E-state index contributed by atoms with van der Waals surface area (Å²) in [4.78, 5) is 4.25. The second-order valence-corrected chi connectivity index (χ2v) is 5.59. The Kier molecular flexibility index (Phi) is 2.50. The number of aliphatic hydroxyl groups is 2. The third kappa shape index (κ3) is 1.46. The average molecular weight is 293 g/mol. The summed E-state index contributed by atoms with van der Waals surface area (Å²) in [5.74, 6) is 0. The van der Waals surface area contributed by atoms with Crippen molar-refractivity contribution in [1.29, 1.82) is 0 Å². The highest BCUT2D eigenvalue weighted by Crippen LogP contribution is 2.45. The highest BCUT2D eigenvalue weighted by molar-refractivity contribution is 6.29. The van der Waals surface area contributed by atoms with Crippen molar-refractivity contribution in [3.05, 3.63) is 41.7 Å². The molecule has 1 aromatic carbocycles. The molecule has 2 heterocycles. The predicted octanol–water partition coefficient (Wildman–Crippen LogP) is 1.64. The number of aliphatic hydroxyl groups excluding tert-OH is 1. The smallest absolute Gasteiger partial charge is 0.205 e. The zero-order chi connectivity index (χ0) is 13.9. The van der Waals surface area contributed by atoms with Gasteiger partial charge in [-0.3, -0.25) is 4.57 Å². The number of fused-ring (bicyclic) bond motifs is 2. The van der Waals surface area contributed by atoms with Crippen LogP contribution < -0.4 is 0 Å². The van der Waals surface area contributed by atoms with Crippen LogP contribution in [0.3, 0.4) is 0 Å². The summed E-state index contributed by atoms with van der Waals surface area (Å²) in [5.41, 5.74) is 0.223. The molecule has 1 aliphatic carbocycles. The summed E-state index contributed by atoms with van der Waals surface area (Å²) < 4.78 is 7.42. The molecule has 0 saturated carbocycles. The van der Waals surface area contributed by atoms with Gasteiger partial charge < -0.3 is 14.9 Å². The van der Waals surface area contributed by atoms with Gasteiger partial charge in [0.25, 0.3) is 0 Å². The zero-order valence-corrected chi connectivity index (χ0v) is 11.2. The van der Waals surface area contributed by atoms with Crippen molar-refractivity contribution in [3.8, 4) is 0 Å². The summed E-state index contributed by atoms with van der Waals surface area (Å²) in [6, 6.07) is 7.44. The Morgan fingerprint density at radius 3 is 3.00 bits per heavy atom. The lowest BCUT2D eigenvalue weighted by Crippen LogP contribution is -2.44. The summed E-state index contributed by atoms with van der Waals surface area (Å²) in [6.45, 7) is 0. The molecule has 1 saturated heterocycles. The maximum atomic E-state index is 10.5. The summed E-state index contributed by atoms with van der Waals surface area (Å²) in [5, 5.41) is 21.2. The molecular formula is C14H13ClN2O3. The molecule has 1 fully saturated rings. The minimum atomic E-state index is -1.28. The van der Waals surface area contributed by atoms with Crippen LogP contribution in [0.25, 0.3) is 11.0 Å². The first-order chi connectivity index (χ1) is 9.61. The highest BCUT2D eigenvalue weighted by Gasteiger charge is 2.56. The average Bonchev–Trinajstić information content (AvgIpc) is 3.02. The van der Waals surface area contributed by atoms with E-state index in [1.807, 2.05) is 30.3 Å². The molecule has 104 valence electrons. The molecule has 20 heavy (non-hydrogen) atoms. The number of rotatable bonds is 1. The Bertz CT molecular complexity index is 714. The fraction of sp³-hybridized carbons (Fsp3) is 0.357. The first-order valence-electron chi connectivity index (χ1n) is 6.46. The second-order valence-electron chi connectivity index (χ2n) is 5.26. The van der Waals surface area contributed by atoms with E-state index in [-0.39, 0.29) is 5.28 Å². The number of hydrogen-bond acceptors (Lipinski definition) is 4. The van der Waals surface area contributed by atoms with Crippen molar-refractivity contribution in [2.45, 2.75) is 30.5 Å². The standard InChI is InChI=1S/C14H13ClN2O3/c15-13-16-8-4-1-2-5-9(8)17(13)12-11(18)14(19)7-3-6-10(14)20-12/h1-6,10-12,18-19H,7H2/t10?,11-,12+,14+/m0/s1. The molecule has 1 unspecified atom stereocenters. The van der Waals surface area contributed by atoms with Gasteiger partial charge in [-0.05, 0) is 30.2 Å². The van der Waals surface area contributed by atoms with Crippen molar-refractivity contribution < 1.29 is 14.9 Å². The van der Waals surface area contributed by atoms with Crippen LogP contribution in [-0.4, -0.2) is 37.6 Å². The van der Waals surface area contributed by atoms with Crippen LogP contribution in [0.4, 0.5) is 0 Å². The number of halogens is 1. The number of imidazole rings is 1. The predicted molar refractivity (Wildman–Crippen MR) is 73.4 cm³/mol. The largest absolute Gasteiger partial charge is 0.385 e. The molecule has 2 N–H and O–H groups in total. The summed E-state index contributed by atoms with van der Waals surface area (Å²) >= 11 is 6.18. The topological polar surface area (TPSA) is 67.5 Å². The van der Waals surface area contributed by atoms with E-state index in [2.05, 4.69) is 4.98 Å². The van der Waals surface area contributed by atoms with Gasteiger partial charge in [0, 0.05) is 0 Å². The molecule has 6 heteroatoms. The SMILES string of the molecule is O[C@H]1[C@H](n2c(Cl)nc3ccccc32)OC2C=CC[C@@]21O. The van der Waals surface area contributed by atoms with Gasteiger partial charge in [-0.2, -0.15) is 0 Å². The molecule has 0 amide bonds. The molecule has 4 rings (SSSR count). The normalized spacial score (nSPS) is 35.9. The maximum absolute atomic E-state index is 10.5. The van der Waals surface area contributed by atoms with Crippen LogP contribution >= 0.6 is 11.6 Å². The highest BCUT2D eigenvalue weighted by atomic mass is 35.5. The number of ether oxygens (including phenoxy) is 1. The Morgan fingerprint density at radius 2 is 2.20 bits per heavy atom. The first kappa shape index (κ1) is 12.3. The Hall–Kier alpha value is -1.40. The van der Waals surface area contributed by atoms with Gasteiger partial charge in [-0.25, -0.2) is 4.98 Å². The molecule has 2 aliphatic rings. The number of hydrogen-bond donors (Lipinski definition) is 2. The molecule has 1 aromatic heterocycles. The minimum Gasteiger partial charge on any atom is -0.385 e. The first-order valence-corrected chi connectivity index (χ1v) is 6.84. The van der Waals surface area contributed by atoms with Crippen molar-refractivity contribution >= 4 is 22.6 Å². The number of nitrogens with zero attached hydrogens (tertiary/aromatic N) is 2. The fourth-order valence-corrected chi connectivity index (χ4v) is 3.32. The van der Waals surface area contributed by atoms with E-state index >= 15 is 0 Å². The molecule has 0 radical (unpaired) electrons. The minimum absolute atomic E-state index is 0.239. The van der Waals surface area contributed by atoms with Gasteiger partial charge in [0.15, 0.2) is 6.23 Å². The lowest BCUT2D eigenvalue weighted by Gasteiger charge is -2.25. The van der Waals surface area contributed by atoms with Crippen molar-refractivity contribution in [2.75, 3.05) is 0 Å². The Balaban J connectivity index is 1.85. The Labute approximate surface area is 120 Å². The molecule has 5 nitrogen and oxygen atoms in total. The van der Waals surface area contributed by atoms with Crippen LogP contribution in [0.5, 0.6) is 0 Å². The summed E-state index contributed by atoms with van der Waals surface area (Å²) in [6.07, 6.45) is 1.65. The molecule has 1 aliphatic heterocycles. The van der Waals surface area contributed by atoms with E-state index in [9.17, 15) is 10.2 Å². The van der Waals surface area contributed by atoms with Gasteiger partial charge in [0.1, 0.15) is 17.8 Å². The Morgan fingerprint density at radius 1 is 1.40 bits per heavy atom. The van der Waals surface area contributed by atoms with E-state index in [1.54, 1.807) is 10.6 Å². The van der Waals surface area contributed by atoms with E-state index in [0.717, 1.165) is 11.0 Å². The van der Waals surface area contributed by atoms with Crippen LogP contribution in [0.2, 0.25) is 5.28 Å². The quantitative estimate of drug-likeness (QED) is 0.784. The molecule has 2 aromatic rings. The van der Waals surface area contributed by atoms with Crippen LogP contribution in [-0.2, 0) is 4.74 Å². The zero-order valence-electron chi connectivity index (χ0n) is 10.5. The van der Waals surface area contributed by atoms with Crippen LogP contribution in [0.15, 0.2) is 36.4 Å². The monoisotopic (exact) mass is 292 g/mol. The van der Waals surface area contributed by atoms with E-state index < -0.39 is 24.0 Å².